The number of nitrogens with zero attached hydrogens (tertiary/aromatic N) is 3. The Labute approximate surface area is 162 Å². The van der Waals surface area contributed by atoms with Gasteiger partial charge >= 0.3 is 0 Å². The molecular weight excluding hydrogens is 380 g/mol. The highest BCUT2D eigenvalue weighted by atomic mass is 32.2. The third kappa shape index (κ3) is 3.63. The van der Waals surface area contributed by atoms with Crippen molar-refractivity contribution < 1.29 is 17.8 Å². The van der Waals surface area contributed by atoms with E-state index in [1.807, 2.05) is 30.3 Å². The second-order valence-corrected chi connectivity index (χ2v) is 8.70. The molecule has 0 spiro atoms. The molecule has 0 saturated carbocycles. The Balaban J connectivity index is 1.48. The lowest BCUT2D eigenvalue weighted by Crippen LogP contribution is -2.45. The monoisotopic (exact) mass is 400 g/mol. The van der Waals surface area contributed by atoms with E-state index in [2.05, 4.69) is 20.3 Å². The second kappa shape index (κ2) is 7.69. The third-order valence-corrected chi connectivity index (χ3v) is 6.83. The standard InChI is InChI=1S/C19H20N4O4S/c24-19(20-12-14-6-2-1-3-7-14)15-8-5-11-23(13-15)28(25,26)17-10-4-9-16-18(17)22-27-21-16/h1-4,6-7,9-10,15H,5,8,11-13H2,(H,20,24)/t15-/m0/s1. The maximum absolute atomic E-state index is 13.1. The molecule has 0 radical (unpaired) electrons. The first-order chi connectivity index (χ1) is 13.6. The van der Waals surface area contributed by atoms with Gasteiger partial charge < -0.3 is 5.32 Å². The fraction of sp³-hybridized carbons (Fsp3) is 0.316. The number of aromatic nitrogens is 2. The van der Waals surface area contributed by atoms with Gasteiger partial charge in [0.1, 0.15) is 10.4 Å². The van der Waals surface area contributed by atoms with Crippen LogP contribution in [0, 0.1) is 5.92 Å². The Hall–Kier alpha value is -2.78. The Morgan fingerprint density at radius 2 is 1.96 bits per heavy atom. The van der Waals surface area contributed by atoms with E-state index in [1.165, 1.54) is 10.4 Å². The number of rotatable bonds is 5. The minimum Gasteiger partial charge on any atom is -0.352 e. The van der Waals surface area contributed by atoms with Crippen LogP contribution in [-0.2, 0) is 21.4 Å². The number of hydrogen-bond acceptors (Lipinski definition) is 6. The molecule has 1 N–H and O–H groups in total. The number of amides is 1. The average Bonchev–Trinajstić information content (AvgIpc) is 3.21. The van der Waals surface area contributed by atoms with E-state index in [9.17, 15) is 13.2 Å². The highest BCUT2D eigenvalue weighted by Crippen LogP contribution is 2.27. The molecule has 1 amide bonds. The molecule has 3 aromatic rings. The van der Waals surface area contributed by atoms with Crippen LogP contribution in [0.15, 0.2) is 58.1 Å². The van der Waals surface area contributed by atoms with Gasteiger partial charge in [0.25, 0.3) is 0 Å². The summed E-state index contributed by atoms with van der Waals surface area (Å²) in [6.07, 6.45) is 1.28. The quantitative estimate of drug-likeness (QED) is 0.702. The highest BCUT2D eigenvalue weighted by molar-refractivity contribution is 7.89. The fourth-order valence-corrected chi connectivity index (χ4v) is 5.09. The third-order valence-electron chi connectivity index (χ3n) is 4.93. The van der Waals surface area contributed by atoms with Gasteiger partial charge in [0.05, 0.1) is 5.92 Å². The number of nitrogens with one attached hydrogen (secondary N) is 1. The van der Waals surface area contributed by atoms with E-state index in [1.54, 1.807) is 12.1 Å². The van der Waals surface area contributed by atoms with Gasteiger partial charge in [-0.25, -0.2) is 13.0 Å². The number of hydrogen-bond donors (Lipinski definition) is 1. The normalized spacial score (nSPS) is 18.2. The molecule has 2 aromatic carbocycles. The lowest BCUT2D eigenvalue weighted by atomic mass is 9.99. The van der Waals surface area contributed by atoms with Crippen molar-refractivity contribution in [3.63, 3.8) is 0 Å². The number of sulfonamides is 1. The lowest BCUT2D eigenvalue weighted by Gasteiger charge is -2.31. The number of carbonyl (C=O) groups excluding carboxylic acids is 1. The summed E-state index contributed by atoms with van der Waals surface area (Å²) in [5, 5.41) is 10.3. The van der Waals surface area contributed by atoms with Crippen molar-refractivity contribution in [2.24, 2.45) is 5.92 Å². The largest absolute Gasteiger partial charge is 0.352 e. The molecule has 1 atom stereocenters. The van der Waals surface area contributed by atoms with Crippen LogP contribution in [-0.4, -0.2) is 42.0 Å². The summed E-state index contributed by atoms with van der Waals surface area (Å²) in [4.78, 5) is 12.6. The van der Waals surface area contributed by atoms with Crippen LogP contribution in [0.2, 0.25) is 0 Å². The Bertz CT molecular complexity index is 1080. The first kappa shape index (κ1) is 18.6. The van der Waals surface area contributed by atoms with E-state index in [0.29, 0.717) is 31.4 Å². The van der Waals surface area contributed by atoms with Crippen LogP contribution in [0.1, 0.15) is 18.4 Å². The summed E-state index contributed by atoms with van der Waals surface area (Å²) < 4.78 is 32.3. The lowest BCUT2D eigenvalue weighted by molar-refractivity contribution is -0.126. The van der Waals surface area contributed by atoms with Crippen LogP contribution >= 0.6 is 0 Å². The maximum Gasteiger partial charge on any atom is 0.245 e. The molecule has 9 heteroatoms. The molecule has 0 unspecified atom stereocenters. The molecule has 146 valence electrons. The molecular formula is C19H20N4O4S. The first-order valence-electron chi connectivity index (χ1n) is 9.09. The molecule has 0 aliphatic carbocycles. The molecule has 1 aliphatic heterocycles. The van der Waals surface area contributed by atoms with Crippen LogP contribution in [0.3, 0.4) is 0 Å². The van der Waals surface area contributed by atoms with Gasteiger partial charge in [0.15, 0.2) is 5.52 Å². The zero-order valence-electron chi connectivity index (χ0n) is 15.1. The van der Waals surface area contributed by atoms with E-state index < -0.39 is 10.0 Å². The van der Waals surface area contributed by atoms with Crippen LogP contribution < -0.4 is 5.32 Å². The van der Waals surface area contributed by atoms with E-state index in [-0.39, 0.29) is 28.8 Å². The Morgan fingerprint density at radius 1 is 1.14 bits per heavy atom. The molecule has 1 saturated heterocycles. The van der Waals surface area contributed by atoms with Crippen molar-refractivity contribution in [3.05, 3.63) is 54.1 Å². The Morgan fingerprint density at radius 3 is 2.79 bits per heavy atom. The van der Waals surface area contributed by atoms with Crippen LogP contribution in [0.4, 0.5) is 0 Å². The van der Waals surface area contributed by atoms with E-state index >= 15 is 0 Å². The van der Waals surface area contributed by atoms with Gasteiger partial charge in [-0.2, -0.15) is 4.31 Å². The van der Waals surface area contributed by atoms with Gasteiger partial charge in [0.2, 0.25) is 15.9 Å². The molecule has 1 aliphatic rings. The van der Waals surface area contributed by atoms with Crippen LogP contribution in [0.25, 0.3) is 11.0 Å². The van der Waals surface area contributed by atoms with E-state index in [4.69, 9.17) is 0 Å². The van der Waals surface area contributed by atoms with Crippen molar-refractivity contribution in [1.82, 2.24) is 19.9 Å². The van der Waals surface area contributed by atoms with Gasteiger partial charge in [-0.1, -0.05) is 36.4 Å². The minimum absolute atomic E-state index is 0.0524. The topological polar surface area (TPSA) is 105 Å². The number of benzene rings is 2. The average molecular weight is 400 g/mol. The predicted molar refractivity (Wildman–Crippen MR) is 102 cm³/mol. The first-order valence-corrected chi connectivity index (χ1v) is 10.5. The summed E-state index contributed by atoms with van der Waals surface area (Å²) in [5.74, 6) is -0.521. The van der Waals surface area contributed by atoms with Crippen molar-refractivity contribution in [2.75, 3.05) is 13.1 Å². The highest BCUT2D eigenvalue weighted by Gasteiger charge is 2.34. The van der Waals surface area contributed by atoms with Gasteiger partial charge in [0, 0.05) is 19.6 Å². The summed E-state index contributed by atoms with van der Waals surface area (Å²) in [5.41, 5.74) is 1.59. The van der Waals surface area contributed by atoms with Crippen molar-refractivity contribution in [1.29, 1.82) is 0 Å². The van der Waals surface area contributed by atoms with Gasteiger partial charge in [-0.15, -0.1) is 0 Å². The van der Waals surface area contributed by atoms with Crippen molar-refractivity contribution >= 4 is 27.0 Å². The van der Waals surface area contributed by atoms with Crippen molar-refractivity contribution in [2.45, 2.75) is 24.3 Å². The van der Waals surface area contributed by atoms with Crippen molar-refractivity contribution in [3.8, 4) is 0 Å². The number of fused-ring (bicyclic) bond motifs is 1. The number of carbonyl (C=O) groups is 1. The molecule has 1 aromatic heterocycles. The summed E-state index contributed by atoms with van der Waals surface area (Å²) >= 11 is 0. The van der Waals surface area contributed by atoms with Gasteiger partial charge in [-0.05, 0) is 40.9 Å². The molecule has 28 heavy (non-hydrogen) atoms. The molecule has 8 nitrogen and oxygen atoms in total. The van der Waals surface area contributed by atoms with Crippen LogP contribution in [0.5, 0.6) is 0 Å². The predicted octanol–water partition coefficient (Wildman–Crippen LogP) is 1.94. The zero-order valence-corrected chi connectivity index (χ0v) is 15.9. The summed E-state index contributed by atoms with van der Waals surface area (Å²) in [6, 6.07) is 14.3. The Kier molecular flexibility index (Phi) is 5.10. The molecule has 4 rings (SSSR count). The fourth-order valence-electron chi connectivity index (χ4n) is 3.43. The van der Waals surface area contributed by atoms with Gasteiger partial charge in [-0.3, -0.25) is 4.79 Å². The molecule has 0 bridgehead atoms. The second-order valence-electron chi connectivity index (χ2n) is 6.79. The smallest absolute Gasteiger partial charge is 0.245 e. The van der Waals surface area contributed by atoms with E-state index in [0.717, 1.165) is 5.56 Å². The SMILES string of the molecule is O=C(NCc1ccccc1)[C@H]1CCCN(S(=O)(=O)c2cccc3nonc23)C1. The molecule has 1 fully saturated rings. The summed E-state index contributed by atoms with van der Waals surface area (Å²) in [7, 11) is -3.80. The zero-order chi connectivity index (χ0) is 19.6. The minimum atomic E-state index is -3.80. The molecule has 2 heterocycles. The maximum atomic E-state index is 13.1. The summed E-state index contributed by atoms with van der Waals surface area (Å²) in [6.45, 7) is 0.934. The number of piperidine rings is 1.